The third kappa shape index (κ3) is 5.04. The second kappa shape index (κ2) is 8.38. The normalized spacial score (nSPS) is 23.4. The van der Waals surface area contributed by atoms with Gasteiger partial charge in [0.1, 0.15) is 0 Å². The Labute approximate surface area is 127 Å². The van der Waals surface area contributed by atoms with Gasteiger partial charge in [-0.25, -0.2) is 0 Å². The van der Waals surface area contributed by atoms with Gasteiger partial charge in [-0.05, 0) is 52.1 Å². The van der Waals surface area contributed by atoms with E-state index >= 15 is 0 Å². The molecule has 1 aliphatic carbocycles. The van der Waals surface area contributed by atoms with Gasteiger partial charge in [0.2, 0.25) is 0 Å². The molecule has 2 fully saturated rings. The van der Waals surface area contributed by atoms with Gasteiger partial charge in [0.15, 0.2) is 0 Å². The lowest BCUT2D eigenvalue weighted by atomic mass is 9.78. The van der Waals surface area contributed by atoms with Crippen LogP contribution in [0.15, 0.2) is 0 Å². The molecule has 2 heteroatoms. The largest absolute Gasteiger partial charge is 0.303 e. The maximum Gasteiger partial charge on any atom is 0.00922 e. The Morgan fingerprint density at radius 2 is 1.65 bits per heavy atom. The zero-order chi connectivity index (χ0) is 15.2. The first-order valence-corrected chi connectivity index (χ1v) is 8.94. The van der Waals surface area contributed by atoms with E-state index in [0.29, 0.717) is 5.41 Å². The highest BCUT2D eigenvalue weighted by molar-refractivity contribution is 4.93. The lowest BCUT2D eigenvalue weighted by Crippen LogP contribution is -2.58. The van der Waals surface area contributed by atoms with Crippen LogP contribution in [0.4, 0.5) is 0 Å². The Hall–Kier alpha value is -0.0800. The van der Waals surface area contributed by atoms with Crippen molar-refractivity contribution in [3.63, 3.8) is 0 Å². The SMILES string of the molecule is CC.CC(C)N1CC(C)(CCN(C)C2CCCCC2)C1. The second-order valence-corrected chi connectivity index (χ2v) is 7.33. The lowest BCUT2D eigenvalue weighted by Gasteiger charge is -2.51. The van der Waals surface area contributed by atoms with Crippen molar-refractivity contribution in [3.8, 4) is 0 Å². The van der Waals surface area contributed by atoms with Crippen molar-refractivity contribution in [3.05, 3.63) is 0 Å². The Morgan fingerprint density at radius 1 is 1.10 bits per heavy atom. The molecule has 0 aromatic carbocycles. The van der Waals surface area contributed by atoms with Gasteiger partial charge in [-0.3, -0.25) is 4.90 Å². The highest BCUT2D eigenvalue weighted by Gasteiger charge is 2.39. The summed E-state index contributed by atoms with van der Waals surface area (Å²) in [7, 11) is 2.35. The summed E-state index contributed by atoms with van der Waals surface area (Å²) in [5.41, 5.74) is 0.590. The Bertz CT molecular complexity index is 250. The van der Waals surface area contributed by atoms with Gasteiger partial charge in [-0.1, -0.05) is 40.0 Å². The summed E-state index contributed by atoms with van der Waals surface area (Å²) < 4.78 is 0. The average Bonchev–Trinajstić information content (AvgIpc) is 2.44. The predicted molar refractivity (Wildman–Crippen MR) is 90.3 cm³/mol. The molecule has 0 unspecified atom stereocenters. The minimum atomic E-state index is 0.590. The molecule has 1 heterocycles. The molecule has 0 aromatic rings. The van der Waals surface area contributed by atoms with Gasteiger partial charge in [0, 0.05) is 25.2 Å². The van der Waals surface area contributed by atoms with Crippen LogP contribution in [0.1, 0.15) is 73.1 Å². The zero-order valence-corrected chi connectivity index (χ0v) is 14.9. The monoisotopic (exact) mass is 282 g/mol. The van der Waals surface area contributed by atoms with Gasteiger partial charge < -0.3 is 4.90 Å². The molecule has 0 N–H and O–H groups in total. The van der Waals surface area contributed by atoms with E-state index in [2.05, 4.69) is 37.6 Å². The minimum absolute atomic E-state index is 0.590. The van der Waals surface area contributed by atoms with Crippen LogP contribution in [-0.2, 0) is 0 Å². The lowest BCUT2D eigenvalue weighted by molar-refractivity contribution is -0.0213. The fourth-order valence-electron chi connectivity index (χ4n) is 3.61. The van der Waals surface area contributed by atoms with Crippen LogP contribution in [0.5, 0.6) is 0 Å². The van der Waals surface area contributed by atoms with Gasteiger partial charge in [0.05, 0.1) is 0 Å². The Morgan fingerprint density at radius 3 is 2.15 bits per heavy atom. The number of hydrogen-bond donors (Lipinski definition) is 0. The van der Waals surface area contributed by atoms with Crippen LogP contribution in [0.25, 0.3) is 0 Å². The standard InChI is InChI=1S/C16H32N2.C2H6/c1-14(2)18-12-16(3,13-18)10-11-17(4)15-8-6-5-7-9-15;1-2/h14-15H,5-13H2,1-4H3;1-2H3. The van der Waals surface area contributed by atoms with E-state index in [-0.39, 0.29) is 0 Å². The first kappa shape index (κ1) is 18.0. The van der Waals surface area contributed by atoms with Crippen molar-refractivity contribution >= 4 is 0 Å². The van der Waals surface area contributed by atoms with E-state index in [0.717, 1.165) is 12.1 Å². The predicted octanol–water partition coefficient (Wildman–Crippen LogP) is 4.40. The van der Waals surface area contributed by atoms with Crippen LogP contribution < -0.4 is 0 Å². The fourth-order valence-corrected chi connectivity index (χ4v) is 3.61. The molecule has 2 rings (SSSR count). The number of nitrogens with zero attached hydrogens (tertiary/aromatic N) is 2. The van der Waals surface area contributed by atoms with Crippen molar-refractivity contribution in [1.82, 2.24) is 9.80 Å². The summed E-state index contributed by atoms with van der Waals surface area (Å²) in [5, 5.41) is 0. The Kier molecular flexibility index (Phi) is 7.53. The van der Waals surface area contributed by atoms with Gasteiger partial charge in [-0.2, -0.15) is 0 Å². The first-order valence-electron chi connectivity index (χ1n) is 8.94. The van der Waals surface area contributed by atoms with E-state index in [4.69, 9.17) is 0 Å². The maximum absolute atomic E-state index is 2.64. The quantitative estimate of drug-likeness (QED) is 0.737. The van der Waals surface area contributed by atoms with Gasteiger partial charge in [0.25, 0.3) is 0 Å². The topological polar surface area (TPSA) is 6.48 Å². The third-order valence-electron chi connectivity index (χ3n) is 5.17. The molecule has 0 bridgehead atoms. The summed E-state index contributed by atoms with van der Waals surface area (Å²) >= 11 is 0. The van der Waals surface area contributed by atoms with Crippen LogP contribution in [-0.4, -0.2) is 48.6 Å². The number of hydrogen-bond acceptors (Lipinski definition) is 2. The van der Waals surface area contributed by atoms with E-state index in [1.54, 1.807) is 0 Å². The van der Waals surface area contributed by atoms with Crippen molar-refractivity contribution in [2.45, 2.75) is 85.2 Å². The van der Waals surface area contributed by atoms with Gasteiger partial charge in [-0.15, -0.1) is 0 Å². The highest BCUT2D eigenvalue weighted by Crippen LogP contribution is 2.35. The van der Waals surface area contributed by atoms with Crippen molar-refractivity contribution in [1.29, 1.82) is 0 Å². The molecule has 0 spiro atoms. The Balaban J connectivity index is 0.000000956. The van der Waals surface area contributed by atoms with Crippen LogP contribution in [0, 0.1) is 5.41 Å². The first-order chi connectivity index (χ1) is 9.50. The molecule has 0 atom stereocenters. The smallest absolute Gasteiger partial charge is 0.00922 e. The van der Waals surface area contributed by atoms with Crippen molar-refractivity contribution < 1.29 is 0 Å². The summed E-state index contributed by atoms with van der Waals surface area (Å²) in [6.07, 6.45) is 8.62. The molecule has 0 radical (unpaired) electrons. The molecule has 0 amide bonds. The molecule has 120 valence electrons. The van der Waals surface area contributed by atoms with Crippen molar-refractivity contribution in [2.75, 3.05) is 26.7 Å². The van der Waals surface area contributed by atoms with Crippen LogP contribution >= 0.6 is 0 Å². The summed E-state index contributed by atoms with van der Waals surface area (Å²) in [5.74, 6) is 0. The second-order valence-electron chi connectivity index (χ2n) is 7.33. The van der Waals surface area contributed by atoms with E-state index in [1.165, 1.54) is 58.2 Å². The zero-order valence-electron chi connectivity index (χ0n) is 14.9. The van der Waals surface area contributed by atoms with Gasteiger partial charge >= 0.3 is 0 Å². The fraction of sp³-hybridized carbons (Fsp3) is 1.00. The summed E-state index contributed by atoms with van der Waals surface area (Å²) in [4.78, 5) is 5.24. The molecular weight excluding hydrogens is 244 g/mol. The molecule has 2 nitrogen and oxygen atoms in total. The highest BCUT2D eigenvalue weighted by atomic mass is 15.2. The summed E-state index contributed by atoms with van der Waals surface area (Å²) in [6, 6.07) is 1.61. The van der Waals surface area contributed by atoms with Crippen LogP contribution in [0.2, 0.25) is 0 Å². The van der Waals surface area contributed by atoms with E-state index < -0.39 is 0 Å². The molecule has 0 aromatic heterocycles. The van der Waals surface area contributed by atoms with Crippen molar-refractivity contribution in [2.24, 2.45) is 5.41 Å². The molecule has 20 heavy (non-hydrogen) atoms. The number of likely N-dealkylation sites (tertiary alicyclic amines) is 1. The summed E-state index contributed by atoms with van der Waals surface area (Å²) in [6.45, 7) is 15.0. The average molecular weight is 283 g/mol. The molecular formula is C18H38N2. The molecule has 2 aliphatic rings. The molecule has 1 aliphatic heterocycles. The maximum atomic E-state index is 2.64. The van der Waals surface area contributed by atoms with E-state index in [1.807, 2.05) is 13.8 Å². The minimum Gasteiger partial charge on any atom is -0.303 e. The third-order valence-corrected chi connectivity index (χ3v) is 5.17. The molecule has 1 saturated carbocycles. The van der Waals surface area contributed by atoms with E-state index in [9.17, 15) is 0 Å². The van der Waals surface area contributed by atoms with Crippen LogP contribution in [0.3, 0.4) is 0 Å². The molecule has 1 saturated heterocycles. The number of rotatable bonds is 5.